The Morgan fingerprint density at radius 3 is 1.92 bits per heavy atom. The summed E-state index contributed by atoms with van der Waals surface area (Å²) in [5, 5.41) is 0. The molecule has 4 nitrogen and oxygen atoms in total. The molecule has 0 unspecified atom stereocenters. The van der Waals surface area contributed by atoms with Crippen LogP contribution in [0.15, 0.2) is 83.9 Å². The number of hydrogen-bond donors (Lipinski definition) is 0. The molecule has 0 atom stereocenters. The first-order valence-corrected chi connectivity index (χ1v) is 12.8. The van der Waals surface area contributed by atoms with Crippen LogP contribution >= 0.6 is 24.0 Å². The number of piperidine rings is 1. The van der Waals surface area contributed by atoms with Gasteiger partial charge in [-0.2, -0.15) is 0 Å². The highest BCUT2D eigenvalue weighted by molar-refractivity contribution is 8.23. The predicted octanol–water partition coefficient (Wildman–Crippen LogP) is 6.23. The van der Waals surface area contributed by atoms with Gasteiger partial charge in [-0.25, -0.2) is 8.78 Å². The van der Waals surface area contributed by atoms with Gasteiger partial charge in [-0.05, 0) is 48.6 Å². The molecule has 0 spiro atoms. The van der Waals surface area contributed by atoms with Crippen molar-refractivity contribution in [3.63, 3.8) is 0 Å². The predicted molar refractivity (Wildman–Crippen MR) is 148 cm³/mol. The Kier molecular flexibility index (Phi) is 8.63. The molecule has 1 saturated heterocycles. The Bertz CT molecular complexity index is 1330. The average Bonchev–Trinajstić information content (AvgIpc) is 2.91. The summed E-state index contributed by atoms with van der Waals surface area (Å²) in [6.45, 7) is 0.286. The van der Waals surface area contributed by atoms with Crippen LogP contribution in [-0.4, -0.2) is 46.7 Å². The van der Waals surface area contributed by atoms with E-state index in [2.05, 4.69) is 0 Å². The number of ether oxygens (including phenoxy) is 1. The molecule has 1 aliphatic rings. The van der Waals surface area contributed by atoms with Crippen molar-refractivity contribution < 1.29 is 23.1 Å². The number of carbonyl (C=O) groups excluding carboxylic acids is 2. The molecule has 37 heavy (non-hydrogen) atoms. The maximum absolute atomic E-state index is 14.3. The number of thiocarbonyl (C=S) groups is 1. The summed E-state index contributed by atoms with van der Waals surface area (Å²) in [6, 6.07) is 19.1. The van der Waals surface area contributed by atoms with Gasteiger partial charge < -0.3 is 9.64 Å². The number of benzene rings is 3. The number of thioether (sulfide) groups is 1. The molecule has 0 aromatic heterocycles. The SMILES string of the molecule is COc1ccc(C(=O)CSC(=S)N2C/C(=C\c3ccccc3F)C(=O)/C(=C/c3ccccc3F)C2)cc1. The highest BCUT2D eigenvalue weighted by atomic mass is 32.2. The standard InChI is InChI=1S/C29H23F2NO3S2/c1-35-24-12-10-19(11-13-24)27(33)18-37-29(36)32-16-22(14-20-6-2-4-8-25(20)30)28(34)23(17-32)15-21-7-3-5-9-26(21)31/h2-15H,16-18H2,1H3/b22-14+,23-15+. The first-order chi connectivity index (χ1) is 17.9. The molecule has 3 aromatic carbocycles. The minimum absolute atomic E-state index is 0.104. The quantitative estimate of drug-likeness (QED) is 0.212. The second-order valence-electron chi connectivity index (χ2n) is 8.27. The number of methoxy groups -OCH3 is 1. The minimum atomic E-state index is -0.457. The highest BCUT2D eigenvalue weighted by Gasteiger charge is 2.28. The Labute approximate surface area is 223 Å². The van der Waals surface area contributed by atoms with Gasteiger partial charge in [0, 0.05) is 40.9 Å². The molecular weight excluding hydrogens is 512 g/mol. The van der Waals surface area contributed by atoms with Crippen molar-refractivity contribution >= 4 is 52.0 Å². The topological polar surface area (TPSA) is 46.6 Å². The molecule has 1 aliphatic heterocycles. The summed E-state index contributed by atoms with van der Waals surface area (Å²) < 4.78 is 34.2. The molecular formula is C29H23F2NO3S2. The van der Waals surface area contributed by atoms with Crippen molar-refractivity contribution in [1.82, 2.24) is 4.90 Å². The molecule has 1 heterocycles. The lowest BCUT2D eigenvalue weighted by Gasteiger charge is -2.31. The smallest absolute Gasteiger partial charge is 0.188 e. The van der Waals surface area contributed by atoms with E-state index in [0.717, 1.165) is 0 Å². The van der Waals surface area contributed by atoms with E-state index in [9.17, 15) is 18.4 Å². The van der Waals surface area contributed by atoms with Crippen LogP contribution in [-0.2, 0) is 4.79 Å². The maximum atomic E-state index is 14.3. The van der Waals surface area contributed by atoms with Gasteiger partial charge in [-0.3, -0.25) is 9.59 Å². The van der Waals surface area contributed by atoms with Gasteiger partial charge in [0.15, 0.2) is 11.6 Å². The normalized spacial score (nSPS) is 15.8. The maximum Gasteiger partial charge on any atom is 0.188 e. The molecule has 0 bridgehead atoms. The summed E-state index contributed by atoms with van der Waals surface area (Å²) in [5.41, 5.74) is 1.72. The summed E-state index contributed by atoms with van der Waals surface area (Å²) >= 11 is 6.79. The summed E-state index contributed by atoms with van der Waals surface area (Å²) in [4.78, 5) is 27.7. The van der Waals surface area contributed by atoms with Gasteiger partial charge >= 0.3 is 0 Å². The molecule has 0 amide bonds. The number of halogens is 2. The van der Waals surface area contributed by atoms with Crippen molar-refractivity contribution in [2.45, 2.75) is 0 Å². The number of nitrogens with zero attached hydrogens (tertiary/aromatic N) is 1. The first kappa shape index (κ1) is 26.4. The number of hydrogen-bond acceptors (Lipinski definition) is 5. The lowest BCUT2D eigenvalue weighted by Crippen LogP contribution is -2.40. The monoisotopic (exact) mass is 535 g/mol. The average molecular weight is 536 g/mol. The molecule has 188 valence electrons. The summed E-state index contributed by atoms with van der Waals surface area (Å²) in [6.07, 6.45) is 2.99. The largest absolute Gasteiger partial charge is 0.497 e. The van der Waals surface area contributed by atoms with Gasteiger partial charge in [-0.15, -0.1) is 0 Å². The third kappa shape index (κ3) is 6.58. The van der Waals surface area contributed by atoms with Gasteiger partial charge in [-0.1, -0.05) is 60.4 Å². The van der Waals surface area contributed by atoms with Gasteiger partial charge in [0.25, 0.3) is 0 Å². The highest BCUT2D eigenvalue weighted by Crippen LogP contribution is 2.26. The minimum Gasteiger partial charge on any atom is -0.497 e. The van der Waals surface area contributed by atoms with Gasteiger partial charge in [0.2, 0.25) is 0 Å². The second-order valence-corrected chi connectivity index (χ2v) is 9.88. The van der Waals surface area contributed by atoms with Gasteiger partial charge in [0.1, 0.15) is 21.7 Å². The zero-order valence-corrected chi connectivity index (χ0v) is 21.6. The van der Waals surface area contributed by atoms with Crippen LogP contribution in [0.3, 0.4) is 0 Å². The van der Waals surface area contributed by atoms with E-state index in [-0.39, 0.29) is 41.5 Å². The first-order valence-electron chi connectivity index (χ1n) is 11.4. The molecule has 3 aromatic rings. The van der Waals surface area contributed by atoms with Crippen LogP contribution in [0.25, 0.3) is 12.2 Å². The van der Waals surface area contributed by atoms with Crippen molar-refractivity contribution in [2.75, 3.05) is 26.0 Å². The molecule has 0 aliphatic carbocycles. The van der Waals surface area contributed by atoms with Crippen molar-refractivity contribution in [3.05, 3.63) is 112 Å². The summed E-state index contributed by atoms with van der Waals surface area (Å²) in [5.74, 6) is -0.560. The summed E-state index contributed by atoms with van der Waals surface area (Å²) in [7, 11) is 1.55. The third-order valence-corrected chi connectivity index (χ3v) is 7.30. The van der Waals surface area contributed by atoms with Crippen LogP contribution < -0.4 is 4.74 Å². The zero-order valence-electron chi connectivity index (χ0n) is 19.9. The zero-order chi connectivity index (χ0) is 26.4. The van der Waals surface area contributed by atoms with Gasteiger partial charge in [0.05, 0.1) is 12.9 Å². The van der Waals surface area contributed by atoms with Crippen LogP contribution in [0.1, 0.15) is 21.5 Å². The Morgan fingerprint density at radius 1 is 0.919 bits per heavy atom. The number of Topliss-reactive ketones (excluding diaryl/α,β-unsaturated/α-hetero) is 2. The fraction of sp³-hybridized carbons (Fsp3) is 0.138. The lowest BCUT2D eigenvalue weighted by molar-refractivity contribution is -0.113. The van der Waals surface area contributed by atoms with E-state index >= 15 is 0 Å². The van der Waals surface area contributed by atoms with E-state index in [0.29, 0.717) is 26.8 Å². The number of carbonyl (C=O) groups is 2. The van der Waals surface area contributed by atoms with Crippen LogP contribution in [0.4, 0.5) is 8.78 Å². The van der Waals surface area contributed by atoms with E-state index in [4.69, 9.17) is 17.0 Å². The number of likely N-dealkylation sites (tertiary alicyclic amines) is 1. The second kappa shape index (κ2) is 12.1. The molecule has 4 rings (SSSR count). The molecule has 8 heteroatoms. The molecule has 0 saturated carbocycles. The number of rotatable bonds is 6. The van der Waals surface area contributed by atoms with Crippen LogP contribution in [0.5, 0.6) is 5.75 Å². The van der Waals surface area contributed by atoms with E-state index in [1.807, 2.05) is 0 Å². The fourth-order valence-corrected chi connectivity index (χ4v) is 4.85. The van der Waals surface area contributed by atoms with Crippen LogP contribution in [0.2, 0.25) is 0 Å². The Hall–Kier alpha value is -3.62. The molecule has 0 radical (unpaired) electrons. The number of ketones is 2. The van der Waals surface area contributed by atoms with E-state index in [1.54, 1.807) is 72.7 Å². The van der Waals surface area contributed by atoms with Crippen molar-refractivity contribution in [3.8, 4) is 5.75 Å². The Balaban J connectivity index is 1.57. The third-order valence-electron chi connectivity index (χ3n) is 5.77. The van der Waals surface area contributed by atoms with Crippen molar-refractivity contribution in [1.29, 1.82) is 0 Å². The van der Waals surface area contributed by atoms with Crippen LogP contribution in [0, 0.1) is 11.6 Å². The lowest BCUT2D eigenvalue weighted by atomic mass is 9.94. The van der Waals surface area contributed by atoms with E-state index in [1.165, 1.54) is 36.0 Å². The molecule has 1 fully saturated rings. The fourth-order valence-electron chi connectivity index (χ4n) is 3.81. The van der Waals surface area contributed by atoms with E-state index < -0.39 is 11.6 Å². The molecule has 0 N–H and O–H groups in total. The van der Waals surface area contributed by atoms with Crippen molar-refractivity contribution in [2.24, 2.45) is 0 Å². The Morgan fingerprint density at radius 2 is 1.43 bits per heavy atom.